The Labute approximate surface area is 216 Å². The van der Waals surface area contributed by atoms with Gasteiger partial charge in [0.15, 0.2) is 12.6 Å². The lowest BCUT2D eigenvalue weighted by molar-refractivity contribution is -0.0000191. The summed E-state index contributed by atoms with van der Waals surface area (Å²) in [5.74, 6) is 0.884. The lowest BCUT2D eigenvalue weighted by atomic mass is 10.3. The summed E-state index contributed by atoms with van der Waals surface area (Å²) < 4.78 is 0. The van der Waals surface area contributed by atoms with Crippen LogP contribution in [-0.2, 0) is 0 Å². The molecule has 0 radical (unpaired) electrons. The van der Waals surface area contributed by atoms with Crippen LogP contribution in [0.25, 0.3) is 0 Å². The van der Waals surface area contributed by atoms with Gasteiger partial charge < -0.3 is 17.0 Å². The average molecular weight is 550 g/mol. The van der Waals surface area contributed by atoms with Crippen LogP contribution in [0.1, 0.15) is 27.4 Å². The Balaban J connectivity index is 0.00000324. The van der Waals surface area contributed by atoms with Gasteiger partial charge in [-0.3, -0.25) is 9.59 Å². The number of hydrogen-bond acceptors (Lipinski definition) is 4. The molecule has 0 saturated carbocycles. The Bertz CT molecular complexity index is 1080. The fourth-order valence-electron chi connectivity index (χ4n) is 4.12. The lowest BCUT2D eigenvalue weighted by Gasteiger charge is -2.27. The molecule has 4 aromatic rings. The number of carbonyl (C=O) groups excluding carboxylic acids is 2. The maximum absolute atomic E-state index is 11.2. The van der Waals surface area contributed by atoms with E-state index in [9.17, 15) is 9.59 Å². The highest BCUT2D eigenvalue weighted by Crippen LogP contribution is 2.55. The molecular formula is C28H25BrNO2PS. The summed E-state index contributed by atoms with van der Waals surface area (Å²) in [4.78, 5) is 27.3. The van der Waals surface area contributed by atoms with E-state index in [0.717, 1.165) is 23.2 Å². The number of aromatic nitrogens is 1. The Kier molecular flexibility index (Phi) is 9.76. The number of rotatable bonds is 10. The third-order valence-corrected chi connectivity index (χ3v) is 11.2. The molecule has 34 heavy (non-hydrogen) atoms. The molecule has 0 spiro atoms. The van der Waals surface area contributed by atoms with Gasteiger partial charge in [0.25, 0.3) is 0 Å². The summed E-state index contributed by atoms with van der Waals surface area (Å²) in [5, 5.41) is 4.13. The fraction of sp³-hybridized carbons (Fsp3) is 0.107. The second kappa shape index (κ2) is 12.8. The van der Waals surface area contributed by atoms with Crippen molar-refractivity contribution >= 4 is 47.5 Å². The van der Waals surface area contributed by atoms with Crippen molar-refractivity contribution in [3.63, 3.8) is 0 Å². The molecule has 0 atom stereocenters. The van der Waals surface area contributed by atoms with E-state index in [0.29, 0.717) is 24.0 Å². The van der Waals surface area contributed by atoms with Gasteiger partial charge in [0.05, 0.1) is 6.16 Å². The molecule has 1 aromatic heterocycles. The number of halogens is 1. The third-order valence-electron chi connectivity index (χ3n) is 5.58. The van der Waals surface area contributed by atoms with Crippen molar-refractivity contribution in [2.75, 3.05) is 11.9 Å². The molecule has 0 bridgehead atoms. The van der Waals surface area contributed by atoms with E-state index in [2.05, 4.69) is 96.0 Å². The normalized spacial score (nSPS) is 10.8. The van der Waals surface area contributed by atoms with Gasteiger partial charge in [-0.1, -0.05) is 54.6 Å². The lowest BCUT2D eigenvalue weighted by Crippen LogP contribution is -3.00. The quantitative estimate of drug-likeness (QED) is 0.132. The van der Waals surface area contributed by atoms with E-state index in [1.54, 1.807) is 23.9 Å². The third kappa shape index (κ3) is 5.90. The number of pyridine rings is 1. The van der Waals surface area contributed by atoms with Crippen LogP contribution in [-0.4, -0.2) is 29.5 Å². The Hall–Kier alpha value is -2.59. The monoisotopic (exact) mass is 549 g/mol. The van der Waals surface area contributed by atoms with Crippen molar-refractivity contribution in [2.24, 2.45) is 0 Å². The molecule has 0 N–H and O–H groups in total. The van der Waals surface area contributed by atoms with E-state index >= 15 is 0 Å². The molecule has 172 valence electrons. The minimum Gasteiger partial charge on any atom is -1.00 e. The highest BCUT2D eigenvalue weighted by atomic mass is 79.9. The van der Waals surface area contributed by atoms with E-state index in [4.69, 9.17) is 0 Å². The number of hydrogen-bond donors (Lipinski definition) is 0. The summed E-state index contributed by atoms with van der Waals surface area (Å²) in [7, 11) is -1.84. The summed E-state index contributed by atoms with van der Waals surface area (Å²) in [5.41, 5.74) is 0.587. The topological polar surface area (TPSA) is 47.0 Å². The van der Waals surface area contributed by atoms with Crippen LogP contribution in [0.15, 0.2) is 108 Å². The van der Waals surface area contributed by atoms with Gasteiger partial charge in [-0.25, -0.2) is 4.98 Å². The number of carbonyl (C=O) groups is 2. The van der Waals surface area contributed by atoms with Gasteiger partial charge in [-0.2, -0.15) is 0 Å². The first-order valence-corrected chi connectivity index (χ1v) is 13.8. The van der Waals surface area contributed by atoms with Crippen molar-refractivity contribution in [3.05, 3.63) is 115 Å². The zero-order chi connectivity index (χ0) is 22.9. The summed E-state index contributed by atoms with van der Waals surface area (Å²) in [6.45, 7) is 0. The second-order valence-electron chi connectivity index (χ2n) is 7.63. The van der Waals surface area contributed by atoms with Crippen molar-refractivity contribution < 1.29 is 26.6 Å². The highest BCUT2D eigenvalue weighted by Gasteiger charge is 2.44. The summed E-state index contributed by atoms with van der Waals surface area (Å²) >= 11 is 1.67. The maximum atomic E-state index is 11.2. The number of thioether (sulfide) groups is 1. The molecule has 6 heteroatoms. The number of benzene rings is 3. The fourth-order valence-corrected chi connectivity index (χ4v) is 9.62. The first-order chi connectivity index (χ1) is 16.3. The smallest absolute Gasteiger partial charge is 0.168 e. The van der Waals surface area contributed by atoms with Gasteiger partial charge in [-0.05, 0) is 55.0 Å². The standard InChI is InChI=1S/C28H25NO2PS.BrH/c30-21-23-19-28(20-24(22-31)29-23)33-18-10-17-32(25-11-4-1-5-12-25,26-13-6-2-7-14-26)27-15-8-3-9-16-27;/h1-9,11-16,19-22H,10,17-18H2;1H/q+1;/p-1. The molecule has 0 amide bonds. The minimum absolute atomic E-state index is 0. The average Bonchev–Trinajstić information content (AvgIpc) is 2.90. The molecular weight excluding hydrogens is 525 g/mol. The largest absolute Gasteiger partial charge is 1.00 e. The van der Waals surface area contributed by atoms with Crippen LogP contribution < -0.4 is 32.9 Å². The Morgan fingerprint density at radius 1 is 0.676 bits per heavy atom. The molecule has 3 aromatic carbocycles. The second-order valence-corrected chi connectivity index (χ2v) is 12.4. The van der Waals surface area contributed by atoms with Crippen LogP contribution in [0.3, 0.4) is 0 Å². The molecule has 0 fully saturated rings. The zero-order valence-corrected chi connectivity index (χ0v) is 21.9. The van der Waals surface area contributed by atoms with E-state index in [1.807, 2.05) is 0 Å². The predicted octanol–water partition coefficient (Wildman–Crippen LogP) is 2.19. The molecule has 0 aliphatic carbocycles. The molecule has 0 saturated heterocycles. The summed E-state index contributed by atoms with van der Waals surface area (Å²) in [6.07, 6.45) is 3.40. The van der Waals surface area contributed by atoms with Gasteiger partial charge in [-0.15, -0.1) is 11.8 Å². The van der Waals surface area contributed by atoms with Crippen LogP contribution in [0.2, 0.25) is 0 Å². The Morgan fingerprint density at radius 2 is 1.09 bits per heavy atom. The van der Waals surface area contributed by atoms with Crippen LogP contribution >= 0.6 is 19.0 Å². The SMILES string of the molecule is O=Cc1cc(SCCC[P+](c2ccccc2)(c2ccccc2)c2ccccc2)cc(C=O)n1.[Br-]. The first kappa shape index (κ1) is 26.0. The molecule has 0 unspecified atom stereocenters. The highest BCUT2D eigenvalue weighted by molar-refractivity contribution is 7.99. The number of aldehydes is 2. The van der Waals surface area contributed by atoms with Crippen LogP contribution in [0, 0.1) is 0 Å². The predicted molar refractivity (Wildman–Crippen MR) is 140 cm³/mol. The van der Waals surface area contributed by atoms with E-state index in [-0.39, 0.29) is 17.0 Å². The maximum Gasteiger partial charge on any atom is 0.168 e. The Morgan fingerprint density at radius 3 is 1.47 bits per heavy atom. The van der Waals surface area contributed by atoms with Gasteiger partial charge in [0, 0.05) is 10.6 Å². The van der Waals surface area contributed by atoms with Gasteiger partial charge in [0.1, 0.15) is 34.6 Å². The number of nitrogens with zero attached hydrogens (tertiary/aromatic N) is 1. The molecule has 0 aliphatic rings. The van der Waals surface area contributed by atoms with Gasteiger partial charge in [0.2, 0.25) is 0 Å². The van der Waals surface area contributed by atoms with Crippen molar-refractivity contribution in [3.8, 4) is 0 Å². The summed E-state index contributed by atoms with van der Waals surface area (Å²) in [6, 6.07) is 36.0. The van der Waals surface area contributed by atoms with Crippen LogP contribution in [0.5, 0.6) is 0 Å². The van der Waals surface area contributed by atoms with Gasteiger partial charge >= 0.3 is 0 Å². The van der Waals surface area contributed by atoms with Crippen molar-refractivity contribution in [1.82, 2.24) is 4.98 Å². The first-order valence-electron chi connectivity index (χ1n) is 10.9. The molecule has 4 rings (SSSR count). The van der Waals surface area contributed by atoms with Crippen molar-refractivity contribution in [2.45, 2.75) is 11.3 Å². The molecule has 3 nitrogen and oxygen atoms in total. The zero-order valence-electron chi connectivity index (χ0n) is 18.6. The molecule has 0 aliphatic heterocycles. The van der Waals surface area contributed by atoms with Crippen LogP contribution in [0.4, 0.5) is 0 Å². The van der Waals surface area contributed by atoms with Crippen molar-refractivity contribution in [1.29, 1.82) is 0 Å². The minimum atomic E-state index is -1.84. The van der Waals surface area contributed by atoms with E-state index in [1.165, 1.54) is 15.9 Å². The van der Waals surface area contributed by atoms with E-state index < -0.39 is 7.26 Å². The molecule has 1 heterocycles.